The highest BCUT2D eigenvalue weighted by molar-refractivity contribution is 5.73. The van der Waals surface area contributed by atoms with Gasteiger partial charge in [-0.3, -0.25) is 0 Å². The number of likely N-dealkylation sites (tertiary alicyclic amines) is 1. The van der Waals surface area contributed by atoms with E-state index < -0.39 is 29.4 Å². The maximum absolute atomic E-state index is 14.0. The molecule has 218 valence electrons. The molecule has 1 saturated heterocycles. The first-order chi connectivity index (χ1) is 18.9. The van der Waals surface area contributed by atoms with Crippen LogP contribution in [0.1, 0.15) is 56.1 Å². The number of nitrogens with zero attached hydrogens (tertiary/aromatic N) is 2. The summed E-state index contributed by atoms with van der Waals surface area (Å²) < 4.78 is 65.6. The van der Waals surface area contributed by atoms with E-state index in [-0.39, 0.29) is 11.8 Å². The Hall–Kier alpha value is -3.23. The van der Waals surface area contributed by atoms with Gasteiger partial charge in [-0.15, -0.1) is 0 Å². The summed E-state index contributed by atoms with van der Waals surface area (Å²) in [6, 6.07) is 12.7. The van der Waals surface area contributed by atoms with Gasteiger partial charge >= 0.3 is 12.1 Å². The Labute approximate surface area is 230 Å². The van der Waals surface area contributed by atoms with Crippen LogP contribution in [0, 0.1) is 34.8 Å². The van der Waals surface area contributed by atoms with Crippen molar-refractivity contribution in [2.45, 2.75) is 56.7 Å². The summed E-state index contributed by atoms with van der Waals surface area (Å²) in [6.07, 6.45) is 1.34. The van der Waals surface area contributed by atoms with Crippen LogP contribution in [0.3, 0.4) is 0 Å². The van der Waals surface area contributed by atoms with Crippen molar-refractivity contribution in [3.8, 4) is 11.8 Å². The molecule has 0 bridgehead atoms. The number of benzene rings is 2. The number of halogens is 5. The molecule has 1 aliphatic heterocycles. The monoisotopic (exact) mass is 568 g/mol. The third-order valence-corrected chi connectivity index (χ3v) is 7.63. The second-order valence-electron chi connectivity index (χ2n) is 10.2. The fourth-order valence-corrected chi connectivity index (χ4v) is 5.66. The van der Waals surface area contributed by atoms with E-state index in [4.69, 9.17) is 19.9 Å². The lowest BCUT2D eigenvalue weighted by atomic mass is 9.68. The zero-order valence-corrected chi connectivity index (χ0v) is 22.0. The van der Waals surface area contributed by atoms with E-state index in [0.717, 1.165) is 76.4 Å². The molecule has 0 radical (unpaired) electrons. The normalized spacial score (nSPS) is 18.3. The van der Waals surface area contributed by atoms with Crippen LogP contribution in [0.4, 0.5) is 22.0 Å². The van der Waals surface area contributed by atoms with Crippen molar-refractivity contribution in [1.82, 2.24) is 4.90 Å². The van der Waals surface area contributed by atoms with Crippen molar-refractivity contribution in [2.75, 3.05) is 26.2 Å². The molecule has 1 heterocycles. The average Bonchev–Trinajstić information content (AvgIpc) is 3.46. The minimum Gasteiger partial charge on any atom is -0.494 e. The molecule has 1 atom stereocenters. The number of piperidine rings is 1. The topological polar surface area (TPSA) is 93.8 Å². The number of aliphatic carboxylic acids is 1. The van der Waals surface area contributed by atoms with Crippen molar-refractivity contribution in [3.05, 3.63) is 65.2 Å². The van der Waals surface area contributed by atoms with E-state index in [1.807, 2.05) is 12.1 Å². The van der Waals surface area contributed by atoms with Crippen molar-refractivity contribution in [2.24, 2.45) is 11.8 Å². The molecular weight excluding hydrogens is 535 g/mol. The highest BCUT2D eigenvalue weighted by Gasteiger charge is 2.47. The summed E-state index contributed by atoms with van der Waals surface area (Å²) in [5.41, 5.74) is -0.158. The number of alkyl halides is 3. The molecule has 2 fully saturated rings. The third kappa shape index (κ3) is 8.38. The van der Waals surface area contributed by atoms with Gasteiger partial charge in [0.25, 0.3) is 0 Å². The quantitative estimate of drug-likeness (QED) is 0.299. The van der Waals surface area contributed by atoms with Gasteiger partial charge < -0.3 is 19.8 Å². The average molecular weight is 569 g/mol. The van der Waals surface area contributed by atoms with E-state index in [9.17, 15) is 27.1 Å². The molecule has 1 saturated carbocycles. The van der Waals surface area contributed by atoms with Gasteiger partial charge in [-0.05, 0) is 99.0 Å². The lowest BCUT2D eigenvalue weighted by Crippen LogP contribution is -2.47. The van der Waals surface area contributed by atoms with Crippen molar-refractivity contribution in [1.29, 1.82) is 5.26 Å². The second kappa shape index (κ2) is 13.9. The van der Waals surface area contributed by atoms with Crippen molar-refractivity contribution < 1.29 is 41.7 Å². The molecule has 2 N–H and O–H groups in total. The molecule has 2 aromatic carbocycles. The number of hydrogen-bond acceptors (Lipinski definition) is 5. The van der Waals surface area contributed by atoms with E-state index in [2.05, 4.69) is 11.0 Å². The van der Waals surface area contributed by atoms with Crippen LogP contribution in [0.2, 0.25) is 0 Å². The smallest absolute Gasteiger partial charge is 0.490 e. The first-order valence-corrected chi connectivity index (χ1v) is 13.3. The summed E-state index contributed by atoms with van der Waals surface area (Å²) in [5, 5.41) is 27.9. The third-order valence-electron chi connectivity index (χ3n) is 7.63. The number of carbonyl (C=O) groups is 1. The van der Waals surface area contributed by atoms with Gasteiger partial charge in [0.15, 0.2) is 0 Å². The lowest BCUT2D eigenvalue weighted by Gasteiger charge is -2.45. The van der Waals surface area contributed by atoms with E-state index in [0.29, 0.717) is 17.7 Å². The minimum absolute atomic E-state index is 0.00653. The lowest BCUT2D eigenvalue weighted by molar-refractivity contribution is -0.192. The highest BCUT2D eigenvalue weighted by atomic mass is 19.4. The van der Waals surface area contributed by atoms with E-state index in [1.165, 1.54) is 12.1 Å². The van der Waals surface area contributed by atoms with Gasteiger partial charge in [0.2, 0.25) is 0 Å². The summed E-state index contributed by atoms with van der Waals surface area (Å²) in [4.78, 5) is 11.3. The zero-order chi connectivity index (χ0) is 29.3. The van der Waals surface area contributed by atoms with Crippen LogP contribution in [0.5, 0.6) is 5.75 Å². The molecule has 0 amide bonds. The van der Waals surface area contributed by atoms with Gasteiger partial charge in [-0.1, -0.05) is 12.8 Å². The number of hydrogen-bond donors (Lipinski definition) is 2. The standard InChI is InChI=1S/C27H32F2N2O2.C2HF3O2/c28-24-16-23(17-25(29)18-24)27(32,21-4-1-2-5-21)22-10-13-31(14-11-22)12-3-15-33-26-8-6-20(19-30)7-9-26;3-2(4,5)1(6)7/h6-9,16-18,21-22,32H,1-5,10-15H2;(H,6,7). The second-order valence-corrected chi connectivity index (χ2v) is 10.2. The van der Waals surface area contributed by atoms with Crippen molar-refractivity contribution in [3.63, 3.8) is 0 Å². The summed E-state index contributed by atoms with van der Waals surface area (Å²) >= 11 is 0. The Bertz CT molecular complexity index is 1130. The van der Waals surface area contributed by atoms with Crippen LogP contribution < -0.4 is 4.74 Å². The Morgan fingerprint density at radius 3 is 2.00 bits per heavy atom. The number of ether oxygens (including phenoxy) is 1. The van der Waals surface area contributed by atoms with E-state index in [1.54, 1.807) is 12.1 Å². The van der Waals surface area contributed by atoms with Crippen LogP contribution in [0.15, 0.2) is 42.5 Å². The van der Waals surface area contributed by atoms with Gasteiger partial charge in [-0.2, -0.15) is 18.4 Å². The Kier molecular flexibility index (Phi) is 10.9. The predicted molar refractivity (Wildman–Crippen MR) is 136 cm³/mol. The Balaban J connectivity index is 0.000000559. The molecule has 0 aromatic heterocycles. The molecule has 11 heteroatoms. The maximum Gasteiger partial charge on any atom is 0.490 e. The number of rotatable bonds is 8. The van der Waals surface area contributed by atoms with Crippen LogP contribution in [-0.2, 0) is 10.4 Å². The summed E-state index contributed by atoms with van der Waals surface area (Å²) in [7, 11) is 0. The first-order valence-electron chi connectivity index (χ1n) is 13.3. The van der Waals surface area contributed by atoms with Crippen LogP contribution in [-0.4, -0.2) is 53.5 Å². The largest absolute Gasteiger partial charge is 0.494 e. The fourth-order valence-electron chi connectivity index (χ4n) is 5.66. The van der Waals surface area contributed by atoms with Crippen LogP contribution in [0.25, 0.3) is 0 Å². The first kappa shape index (κ1) is 31.3. The van der Waals surface area contributed by atoms with Gasteiger partial charge in [-0.25, -0.2) is 13.6 Å². The predicted octanol–water partition coefficient (Wildman–Crippen LogP) is 6.03. The molecule has 40 heavy (non-hydrogen) atoms. The molecule has 2 aromatic rings. The molecule has 4 rings (SSSR count). The summed E-state index contributed by atoms with van der Waals surface area (Å²) in [5.74, 6) is -3.20. The zero-order valence-electron chi connectivity index (χ0n) is 22.0. The molecule has 6 nitrogen and oxygen atoms in total. The maximum atomic E-state index is 14.0. The highest BCUT2D eigenvalue weighted by Crippen LogP contribution is 2.48. The van der Waals surface area contributed by atoms with Gasteiger partial charge in [0.05, 0.1) is 23.8 Å². The molecule has 2 aliphatic rings. The van der Waals surface area contributed by atoms with Crippen molar-refractivity contribution >= 4 is 5.97 Å². The Morgan fingerprint density at radius 1 is 0.975 bits per heavy atom. The molecular formula is C29H33F5N2O4. The van der Waals surface area contributed by atoms with Crippen LogP contribution >= 0.6 is 0 Å². The fraction of sp³-hybridized carbons (Fsp3) is 0.517. The SMILES string of the molecule is N#Cc1ccc(OCCCN2CCC(C(O)(c3cc(F)cc(F)c3)C3CCCC3)CC2)cc1.O=C(O)C(F)(F)F. The van der Waals surface area contributed by atoms with Gasteiger partial charge in [0, 0.05) is 12.6 Å². The van der Waals surface area contributed by atoms with E-state index >= 15 is 0 Å². The number of nitriles is 1. The molecule has 1 unspecified atom stereocenters. The number of carboxylic acid groups (broad SMARTS) is 1. The number of carboxylic acids is 1. The minimum atomic E-state index is -5.08. The summed E-state index contributed by atoms with van der Waals surface area (Å²) in [6.45, 7) is 3.21. The number of aliphatic hydroxyl groups is 1. The van der Waals surface area contributed by atoms with Gasteiger partial charge in [0.1, 0.15) is 17.4 Å². The molecule has 1 aliphatic carbocycles. The molecule has 0 spiro atoms. The Morgan fingerprint density at radius 2 is 1.50 bits per heavy atom.